The summed E-state index contributed by atoms with van der Waals surface area (Å²) in [6.45, 7) is 3.09. The summed E-state index contributed by atoms with van der Waals surface area (Å²) in [6, 6.07) is 2.56. The number of amidine groups is 1. The molecule has 0 saturated heterocycles. The summed E-state index contributed by atoms with van der Waals surface area (Å²) in [5, 5.41) is 7.78. The first-order valence-electron chi connectivity index (χ1n) is 6.73. The molecule has 3 N–H and O–H groups in total. The number of pyridine rings is 1. The molecule has 96 valence electrons. The molecule has 2 fully saturated rings. The van der Waals surface area contributed by atoms with Crippen molar-refractivity contribution >= 4 is 11.7 Å². The van der Waals surface area contributed by atoms with Crippen LogP contribution in [0, 0.1) is 18.3 Å². The van der Waals surface area contributed by atoms with Crippen LogP contribution in [0.4, 0.5) is 5.82 Å². The minimum atomic E-state index is 0.136. The lowest BCUT2D eigenvalue weighted by molar-refractivity contribution is 0.708. The Morgan fingerprint density at radius 3 is 2.72 bits per heavy atom. The highest BCUT2D eigenvalue weighted by molar-refractivity contribution is 6.01. The maximum Gasteiger partial charge on any atom is 0.140 e. The number of aromatic nitrogens is 1. The van der Waals surface area contributed by atoms with E-state index in [1.165, 1.54) is 25.7 Å². The highest BCUT2D eigenvalue weighted by atomic mass is 15.2. The summed E-state index contributed by atoms with van der Waals surface area (Å²) in [5.74, 6) is 1.89. The van der Waals surface area contributed by atoms with Crippen molar-refractivity contribution in [1.29, 1.82) is 5.41 Å². The Bertz CT molecular complexity index is 475. The van der Waals surface area contributed by atoms with Crippen LogP contribution < -0.4 is 10.6 Å². The van der Waals surface area contributed by atoms with Crippen LogP contribution in [0.25, 0.3) is 0 Å². The molecule has 0 bridgehead atoms. The predicted octanol–water partition coefficient (Wildman–Crippen LogP) is 2.05. The van der Waals surface area contributed by atoms with E-state index in [4.69, 9.17) is 11.1 Å². The molecule has 0 unspecified atom stereocenters. The van der Waals surface area contributed by atoms with Gasteiger partial charge in [0.05, 0.1) is 5.56 Å². The van der Waals surface area contributed by atoms with Crippen LogP contribution in [0.5, 0.6) is 0 Å². The van der Waals surface area contributed by atoms with E-state index >= 15 is 0 Å². The van der Waals surface area contributed by atoms with Crippen molar-refractivity contribution in [3.05, 3.63) is 23.4 Å². The van der Waals surface area contributed by atoms with Gasteiger partial charge in [-0.15, -0.1) is 0 Å². The average Bonchev–Trinajstić information content (AvgIpc) is 3.17. The van der Waals surface area contributed by atoms with Crippen LogP contribution in [0.15, 0.2) is 12.3 Å². The van der Waals surface area contributed by atoms with Crippen molar-refractivity contribution in [2.45, 2.75) is 38.6 Å². The third-order valence-corrected chi connectivity index (χ3v) is 3.82. The number of hydrogen-bond donors (Lipinski definition) is 2. The summed E-state index contributed by atoms with van der Waals surface area (Å²) in [4.78, 5) is 6.90. The normalized spacial score (nSPS) is 18.7. The van der Waals surface area contributed by atoms with Gasteiger partial charge in [0.2, 0.25) is 0 Å². The molecular formula is C14H20N4. The first-order valence-corrected chi connectivity index (χ1v) is 6.73. The van der Waals surface area contributed by atoms with Crippen LogP contribution in [-0.4, -0.2) is 23.4 Å². The summed E-state index contributed by atoms with van der Waals surface area (Å²) >= 11 is 0. The fraction of sp³-hybridized carbons (Fsp3) is 0.571. The molecule has 4 heteroatoms. The van der Waals surface area contributed by atoms with Gasteiger partial charge in [0, 0.05) is 18.8 Å². The van der Waals surface area contributed by atoms with Crippen molar-refractivity contribution in [2.24, 2.45) is 11.7 Å². The predicted molar refractivity (Wildman–Crippen MR) is 73.1 cm³/mol. The lowest BCUT2D eigenvalue weighted by Crippen LogP contribution is -2.32. The van der Waals surface area contributed by atoms with Crippen molar-refractivity contribution in [2.75, 3.05) is 11.4 Å². The zero-order valence-electron chi connectivity index (χ0n) is 10.8. The molecular weight excluding hydrogens is 224 g/mol. The zero-order chi connectivity index (χ0) is 12.7. The van der Waals surface area contributed by atoms with E-state index in [9.17, 15) is 0 Å². The summed E-state index contributed by atoms with van der Waals surface area (Å²) in [6.07, 6.45) is 7.01. The van der Waals surface area contributed by atoms with Crippen molar-refractivity contribution in [3.63, 3.8) is 0 Å². The van der Waals surface area contributed by atoms with Gasteiger partial charge < -0.3 is 10.6 Å². The second kappa shape index (κ2) is 4.26. The van der Waals surface area contributed by atoms with Crippen molar-refractivity contribution in [3.8, 4) is 0 Å². The Morgan fingerprint density at radius 1 is 1.44 bits per heavy atom. The van der Waals surface area contributed by atoms with Gasteiger partial charge in [-0.05, 0) is 50.2 Å². The number of hydrogen-bond acceptors (Lipinski definition) is 3. The third kappa shape index (κ3) is 2.19. The molecule has 0 aliphatic heterocycles. The third-order valence-electron chi connectivity index (χ3n) is 3.82. The van der Waals surface area contributed by atoms with Gasteiger partial charge in [-0.25, -0.2) is 4.98 Å². The molecule has 2 aliphatic rings. The van der Waals surface area contributed by atoms with E-state index < -0.39 is 0 Å². The molecule has 1 aromatic rings. The summed E-state index contributed by atoms with van der Waals surface area (Å²) in [7, 11) is 0. The zero-order valence-corrected chi connectivity index (χ0v) is 10.8. The molecule has 2 saturated carbocycles. The first kappa shape index (κ1) is 11.5. The highest BCUT2D eigenvalue weighted by Crippen LogP contribution is 2.38. The van der Waals surface area contributed by atoms with E-state index in [1.807, 2.05) is 19.2 Å². The quantitative estimate of drug-likeness (QED) is 0.615. The van der Waals surface area contributed by atoms with Gasteiger partial charge in [-0.2, -0.15) is 0 Å². The minimum absolute atomic E-state index is 0.136. The standard InChI is InChI=1S/C14H20N4/c1-9-6-7-17-14(12(9)13(15)16)18(11-4-5-11)8-10-2-3-10/h6-7,10-11H,2-5,8H2,1H3,(H3,15,16). The molecule has 4 nitrogen and oxygen atoms in total. The molecule has 1 aromatic heterocycles. The topological polar surface area (TPSA) is 66.0 Å². The van der Waals surface area contributed by atoms with Crippen LogP contribution in [0.3, 0.4) is 0 Å². The van der Waals surface area contributed by atoms with Crippen LogP contribution in [0.2, 0.25) is 0 Å². The second-order valence-electron chi connectivity index (χ2n) is 5.57. The molecule has 0 spiro atoms. The Morgan fingerprint density at radius 2 is 2.17 bits per heavy atom. The SMILES string of the molecule is Cc1ccnc(N(CC2CC2)C2CC2)c1C(=N)N. The van der Waals surface area contributed by atoms with Gasteiger partial charge >= 0.3 is 0 Å². The molecule has 3 rings (SSSR count). The Hall–Kier alpha value is -1.58. The molecule has 1 heterocycles. The second-order valence-corrected chi connectivity index (χ2v) is 5.57. The lowest BCUT2D eigenvalue weighted by Gasteiger charge is -2.26. The van der Waals surface area contributed by atoms with E-state index in [0.717, 1.165) is 29.4 Å². The Labute approximate surface area is 108 Å². The molecule has 18 heavy (non-hydrogen) atoms. The number of aryl methyl sites for hydroxylation is 1. The highest BCUT2D eigenvalue weighted by Gasteiger charge is 2.35. The number of nitrogen functional groups attached to an aromatic ring is 1. The van der Waals surface area contributed by atoms with Crippen molar-refractivity contribution < 1.29 is 0 Å². The minimum Gasteiger partial charge on any atom is -0.384 e. The summed E-state index contributed by atoms with van der Waals surface area (Å²) in [5.41, 5.74) is 7.61. The number of nitrogens with one attached hydrogen (secondary N) is 1. The number of nitrogens with zero attached hydrogens (tertiary/aromatic N) is 2. The number of rotatable bonds is 5. The average molecular weight is 244 g/mol. The van der Waals surface area contributed by atoms with E-state index in [1.54, 1.807) is 0 Å². The van der Waals surface area contributed by atoms with Crippen LogP contribution in [0.1, 0.15) is 36.8 Å². The van der Waals surface area contributed by atoms with Gasteiger partial charge in [-0.3, -0.25) is 5.41 Å². The van der Waals surface area contributed by atoms with Crippen LogP contribution >= 0.6 is 0 Å². The maximum absolute atomic E-state index is 7.78. The molecule has 0 amide bonds. The fourth-order valence-electron chi connectivity index (χ4n) is 2.47. The largest absolute Gasteiger partial charge is 0.384 e. The lowest BCUT2D eigenvalue weighted by atomic mass is 10.1. The Balaban J connectivity index is 1.96. The maximum atomic E-state index is 7.78. The van der Waals surface area contributed by atoms with E-state index in [2.05, 4.69) is 9.88 Å². The van der Waals surface area contributed by atoms with Gasteiger partial charge in [0.15, 0.2) is 0 Å². The number of anilines is 1. The fourth-order valence-corrected chi connectivity index (χ4v) is 2.47. The van der Waals surface area contributed by atoms with E-state index in [0.29, 0.717) is 6.04 Å². The van der Waals surface area contributed by atoms with Gasteiger partial charge in [-0.1, -0.05) is 0 Å². The van der Waals surface area contributed by atoms with Crippen molar-refractivity contribution in [1.82, 2.24) is 4.98 Å². The van der Waals surface area contributed by atoms with E-state index in [-0.39, 0.29) is 5.84 Å². The Kier molecular flexibility index (Phi) is 2.73. The van der Waals surface area contributed by atoms with Gasteiger partial charge in [0.1, 0.15) is 11.7 Å². The molecule has 0 radical (unpaired) electrons. The smallest absolute Gasteiger partial charge is 0.140 e. The molecule has 2 aliphatic carbocycles. The number of nitrogens with two attached hydrogens (primary N) is 1. The molecule has 0 aromatic carbocycles. The van der Waals surface area contributed by atoms with Crippen LogP contribution in [-0.2, 0) is 0 Å². The monoisotopic (exact) mass is 244 g/mol. The summed E-state index contributed by atoms with van der Waals surface area (Å²) < 4.78 is 0. The van der Waals surface area contributed by atoms with Gasteiger partial charge in [0.25, 0.3) is 0 Å². The first-order chi connectivity index (χ1) is 8.66. The molecule has 0 atom stereocenters.